The van der Waals surface area contributed by atoms with Crippen molar-refractivity contribution in [3.8, 4) is 11.6 Å². The van der Waals surface area contributed by atoms with Gasteiger partial charge in [0.1, 0.15) is 18.5 Å². The fourth-order valence-electron chi connectivity index (χ4n) is 2.39. The van der Waals surface area contributed by atoms with E-state index in [1.54, 1.807) is 19.1 Å². The maximum atomic E-state index is 12.2. The Balaban J connectivity index is 2.18. The number of phenolic OH excluding ortho intramolecular Hbond substituents is 1. The largest absolute Gasteiger partial charge is 0.508 e. The fraction of sp³-hybridized carbons (Fsp3) is 0.375. The summed E-state index contributed by atoms with van der Waals surface area (Å²) in [5.41, 5.74) is 1.69. The summed E-state index contributed by atoms with van der Waals surface area (Å²) in [5.74, 6) is -0.281. The fourth-order valence-corrected chi connectivity index (χ4v) is 2.39. The van der Waals surface area contributed by atoms with Gasteiger partial charge in [-0.1, -0.05) is 13.8 Å². The van der Waals surface area contributed by atoms with Crippen LogP contribution >= 0.6 is 0 Å². The van der Waals surface area contributed by atoms with Crippen molar-refractivity contribution in [3.05, 3.63) is 39.6 Å². The van der Waals surface area contributed by atoms with E-state index in [2.05, 4.69) is 10.4 Å². The van der Waals surface area contributed by atoms with Crippen molar-refractivity contribution in [3.63, 3.8) is 0 Å². The van der Waals surface area contributed by atoms with Gasteiger partial charge < -0.3 is 15.2 Å². The van der Waals surface area contributed by atoms with Gasteiger partial charge in [-0.25, -0.2) is 0 Å². The maximum absolute atomic E-state index is 12.2. The first-order valence-corrected chi connectivity index (χ1v) is 7.62. The number of phenols is 1. The second kappa shape index (κ2) is 7.20. The Morgan fingerprint density at radius 2 is 2.16 bits per heavy atom. The molecule has 25 heavy (non-hydrogen) atoms. The molecule has 9 nitrogen and oxygen atoms in total. The van der Waals surface area contributed by atoms with Gasteiger partial charge in [-0.05, 0) is 36.1 Å². The van der Waals surface area contributed by atoms with Gasteiger partial charge in [0.2, 0.25) is 5.91 Å². The first-order valence-electron chi connectivity index (χ1n) is 7.62. The number of nitrogens with zero attached hydrogens (tertiary/aromatic N) is 3. The number of amides is 1. The lowest BCUT2D eigenvalue weighted by atomic mass is 9.99. The second-order valence-electron chi connectivity index (χ2n) is 5.91. The van der Waals surface area contributed by atoms with Crippen LogP contribution in [-0.2, 0) is 11.3 Å². The molecule has 0 bridgehead atoms. The summed E-state index contributed by atoms with van der Waals surface area (Å²) in [6.45, 7) is 5.43. The molecule has 1 aromatic carbocycles. The van der Waals surface area contributed by atoms with E-state index < -0.39 is 10.8 Å². The number of carbonyl (C=O) groups is 1. The van der Waals surface area contributed by atoms with Gasteiger partial charge in [-0.15, -0.1) is 5.10 Å². The number of nitrogens with one attached hydrogen (secondary N) is 1. The van der Waals surface area contributed by atoms with Gasteiger partial charge in [-0.2, -0.15) is 0 Å². The SMILES string of the molecule is COc1nn(CC(=O)Nc2cc(C(C)C)c(O)cc2C)cc1[N+](=O)[O-]. The van der Waals surface area contributed by atoms with Gasteiger partial charge in [0.05, 0.1) is 12.0 Å². The molecule has 134 valence electrons. The van der Waals surface area contributed by atoms with Gasteiger partial charge in [0.25, 0.3) is 0 Å². The molecule has 1 heterocycles. The van der Waals surface area contributed by atoms with E-state index in [0.29, 0.717) is 11.3 Å². The molecule has 1 aromatic heterocycles. The number of rotatable bonds is 6. The monoisotopic (exact) mass is 348 g/mol. The summed E-state index contributed by atoms with van der Waals surface area (Å²) in [6.07, 6.45) is 1.14. The van der Waals surface area contributed by atoms with Gasteiger partial charge in [0, 0.05) is 5.69 Å². The third kappa shape index (κ3) is 4.06. The minimum absolute atomic E-state index is 0.0919. The zero-order valence-corrected chi connectivity index (χ0v) is 14.4. The van der Waals surface area contributed by atoms with Crippen molar-refractivity contribution in [2.45, 2.75) is 33.2 Å². The van der Waals surface area contributed by atoms with Crippen LogP contribution in [0.25, 0.3) is 0 Å². The Kier molecular flexibility index (Phi) is 5.26. The molecular weight excluding hydrogens is 328 g/mol. The molecule has 2 N–H and O–H groups in total. The standard InChI is InChI=1S/C16H20N4O5/c1-9(2)11-6-12(10(3)5-14(11)21)17-15(22)8-19-7-13(20(23)24)16(18-19)25-4/h5-7,9,21H,8H2,1-4H3,(H,17,22). The van der Waals surface area contributed by atoms with Crippen molar-refractivity contribution in [1.29, 1.82) is 0 Å². The molecule has 0 fully saturated rings. The molecule has 0 saturated carbocycles. The van der Waals surface area contributed by atoms with Crippen molar-refractivity contribution < 1.29 is 19.6 Å². The molecule has 2 rings (SSSR count). The van der Waals surface area contributed by atoms with E-state index >= 15 is 0 Å². The predicted molar refractivity (Wildman–Crippen MR) is 91.0 cm³/mol. The quantitative estimate of drug-likeness (QED) is 0.470. The molecule has 0 aliphatic heterocycles. The maximum Gasteiger partial charge on any atom is 0.350 e. The number of hydrogen-bond donors (Lipinski definition) is 2. The summed E-state index contributed by atoms with van der Waals surface area (Å²) in [4.78, 5) is 22.5. The minimum Gasteiger partial charge on any atom is -0.508 e. The molecule has 0 spiro atoms. The molecule has 0 aliphatic carbocycles. The van der Waals surface area contributed by atoms with E-state index in [1.165, 1.54) is 7.11 Å². The number of carbonyl (C=O) groups excluding carboxylic acids is 1. The first kappa shape index (κ1) is 18.2. The minimum atomic E-state index is -0.626. The number of aromatic hydroxyl groups is 1. The summed E-state index contributed by atoms with van der Waals surface area (Å²) in [6, 6.07) is 3.31. The molecular formula is C16H20N4O5. The number of benzene rings is 1. The van der Waals surface area contributed by atoms with Crippen molar-refractivity contribution in [1.82, 2.24) is 9.78 Å². The highest BCUT2D eigenvalue weighted by molar-refractivity contribution is 5.91. The zero-order chi connectivity index (χ0) is 18.7. The van der Waals surface area contributed by atoms with E-state index in [4.69, 9.17) is 4.74 Å². The normalized spacial score (nSPS) is 10.8. The highest BCUT2D eigenvalue weighted by atomic mass is 16.6. The Morgan fingerprint density at radius 1 is 1.48 bits per heavy atom. The Hall–Kier alpha value is -3.10. The van der Waals surface area contributed by atoms with Crippen LogP contribution in [0.4, 0.5) is 11.4 Å². The topological polar surface area (TPSA) is 120 Å². The van der Waals surface area contributed by atoms with Gasteiger partial charge in [-0.3, -0.25) is 19.6 Å². The Bertz CT molecular complexity index is 813. The van der Waals surface area contributed by atoms with Crippen LogP contribution in [0, 0.1) is 17.0 Å². The third-order valence-electron chi connectivity index (χ3n) is 3.68. The van der Waals surface area contributed by atoms with Crippen molar-refractivity contribution in [2.24, 2.45) is 0 Å². The molecule has 0 unspecified atom stereocenters. The van der Waals surface area contributed by atoms with Crippen LogP contribution in [0.3, 0.4) is 0 Å². The molecule has 1 amide bonds. The Morgan fingerprint density at radius 3 is 2.68 bits per heavy atom. The summed E-state index contributed by atoms with van der Waals surface area (Å²) in [5, 5.41) is 27.5. The van der Waals surface area contributed by atoms with Crippen molar-refractivity contribution in [2.75, 3.05) is 12.4 Å². The summed E-state index contributed by atoms with van der Waals surface area (Å²) in [7, 11) is 1.27. The highest BCUT2D eigenvalue weighted by Gasteiger charge is 2.21. The average molecular weight is 348 g/mol. The molecule has 0 atom stereocenters. The smallest absolute Gasteiger partial charge is 0.350 e. The third-order valence-corrected chi connectivity index (χ3v) is 3.68. The average Bonchev–Trinajstić information content (AvgIpc) is 2.92. The van der Waals surface area contributed by atoms with Crippen LogP contribution in [0.15, 0.2) is 18.3 Å². The number of aromatic nitrogens is 2. The van der Waals surface area contributed by atoms with Gasteiger partial charge >= 0.3 is 11.6 Å². The lowest BCUT2D eigenvalue weighted by Crippen LogP contribution is -2.19. The molecule has 0 aliphatic rings. The highest BCUT2D eigenvalue weighted by Crippen LogP contribution is 2.31. The summed E-state index contributed by atoms with van der Waals surface area (Å²) < 4.78 is 5.97. The van der Waals surface area contributed by atoms with Crippen molar-refractivity contribution >= 4 is 17.3 Å². The first-order chi connectivity index (χ1) is 11.7. The van der Waals surface area contributed by atoms with Crippen LogP contribution in [0.1, 0.15) is 30.9 Å². The second-order valence-corrected chi connectivity index (χ2v) is 5.91. The van der Waals surface area contributed by atoms with E-state index in [9.17, 15) is 20.0 Å². The van der Waals surface area contributed by atoms with E-state index in [0.717, 1.165) is 16.4 Å². The number of methoxy groups -OCH3 is 1. The number of anilines is 1. The lowest BCUT2D eigenvalue weighted by molar-refractivity contribution is -0.385. The van der Waals surface area contributed by atoms with E-state index in [1.807, 2.05) is 13.8 Å². The lowest BCUT2D eigenvalue weighted by Gasteiger charge is -2.14. The summed E-state index contributed by atoms with van der Waals surface area (Å²) >= 11 is 0. The molecule has 2 aromatic rings. The van der Waals surface area contributed by atoms with E-state index in [-0.39, 0.29) is 29.8 Å². The number of ether oxygens (including phenoxy) is 1. The predicted octanol–water partition coefficient (Wildman–Crippen LogP) is 2.58. The van der Waals surface area contributed by atoms with Crippen LogP contribution < -0.4 is 10.1 Å². The van der Waals surface area contributed by atoms with Crippen LogP contribution in [-0.4, -0.2) is 32.8 Å². The van der Waals surface area contributed by atoms with Gasteiger partial charge in [0.15, 0.2) is 0 Å². The molecule has 0 radical (unpaired) electrons. The zero-order valence-electron chi connectivity index (χ0n) is 14.4. The molecule has 0 saturated heterocycles. The number of aryl methyl sites for hydroxylation is 1. The molecule has 9 heteroatoms. The number of hydrogen-bond acceptors (Lipinski definition) is 6. The van der Waals surface area contributed by atoms with Crippen LogP contribution in [0.5, 0.6) is 11.6 Å². The van der Waals surface area contributed by atoms with Crippen LogP contribution in [0.2, 0.25) is 0 Å². The Labute approximate surface area is 144 Å². The number of nitro groups is 1.